The number of aryl methyl sites for hydroxylation is 1. The standard InChI is InChI=1S/C14H22N2/c1-10-5-6-13(12(3)11(10)2)16(4)9-14(15)7-8-14/h5-6H,7-9,15H2,1-4H3. The topological polar surface area (TPSA) is 29.3 Å². The van der Waals surface area contributed by atoms with Crippen molar-refractivity contribution in [2.75, 3.05) is 18.5 Å². The molecule has 1 aromatic rings. The minimum absolute atomic E-state index is 0.0833. The van der Waals surface area contributed by atoms with Gasteiger partial charge in [-0.3, -0.25) is 0 Å². The number of likely N-dealkylation sites (N-methyl/N-ethyl adjacent to an activating group) is 1. The summed E-state index contributed by atoms with van der Waals surface area (Å²) in [5.41, 5.74) is 11.7. The van der Waals surface area contributed by atoms with Gasteiger partial charge in [0.1, 0.15) is 0 Å². The van der Waals surface area contributed by atoms with Crippen molar-refractivity contribution >= 4 is 5.69 Å². The lowest BCUT2D eigenvalue weighted by Gasteiger charge is -2.26. The first kappa shape index (κ1) is 11.5. The third-order valence-corrected chi connectivity index (χ3v) is 3.88. The van der Waals surface area contributed by atoms with Gasteiger partial charge in [-0.05, 0) is 56.4 Å². The molecule has 0 atom stereocenters. The van der Waals surface area contributed by atoms with Crippen molar-refractivity contribution in [3.05, 3.63) is 28.8 Å². The highest BCUT2D eigenvalue weighted by molar-refractivity contribution is 5.57. The zero-order valence-electron chi connectivity index (χ0n) is 10.8. The molecule has 1 aliphatic rings. The number of hydrogen-bond acceptors (Lipinski definition) is 2. The third-order valence-electron chi connectivity index (χ3n) is 3.88. The first-order valence-electron chi connectivity index (χ1n) is 6.00. The average Bonchev–Trinajstić information content (AvgIpc) is 2.92. The van der Waals surface area contributed by atoms with Gasteiger partial charge in [0.2, 0.25) is 0 Å². The zero-order valence-corrected chi connectivity index (χ0v) is 10.8. The molecule has 0 amide bonds. The molecule has 1 aromatic carbocycles. The molecule has 0 spiro atoms. The van der Waals surface area contributed by atoms with Crippen molar-refractivity contribution in [2.24, 2.45) is 5.73 Å². The van der Waals surface area contributed by atoms with Crippen LogP contribution in [0.3, 0.4) is 0 Å². The molecule has 0 unspecified atom stereocenters. The van der Waals surface area contributed by atoms with E-state index in [1.807, 2.05) is 0 Å². The second-order valence-electron chi connectivity index (χ2n) is 5.37. The van der Waals surface area contributed by atoms with Gasteiger partial charge in [-0.2, -0.15) is 0 Å². The summed E-state index contributed by atoms with van der Waals surface area (Å²) < 4.78 is 0. The van der Waals surface area contributed by atoms with E-state index in [0.29, 0.717) is 0 Å². The molecule has 2 heteroatoms. The van der Waals surface area contributed by atoms with Crippen LogP contribution in [-0.4, -0.2) is 19.1 Å². The molecule has 0 radical (unpaired) electrons. The molecule has 2 nitrogen and oxygen atoms in total. The van der Waals surface area contributed by atoms with E-state index >= 15 is 0 Å². The largest absolute Gasteiger partial charge is 0.373 e. The third kappa shape index (κ3) is 2.07. The molecule has 1 saturated carbocycles. The molecule has 0 bridgehead atoms. The van der Waals surface area contributed by atoms with E-state index in [1.165, 1.54) is 35.2 Å². The van der Waals surface area contributed by atoms with Crippen LogP contribution in [0.4, 0.5) is 5.69 Å². The fourth-order valence-corrected chi connectivity index (χ4v) is 2.23. The van der Waals surface area contributed by atoms with Gasteiger partial charge in [0, 0.05) is 24.8 Å². The normalized spacial score (nSPS) is 17.3. The molecule has 0 heterocycles. The van der Waals surface area contributed by atoms with Crippen LogP contribution < -0.4 is 10.6 Å². The molecule has 2 N–H and O–H groups in total. The number of benzene rings is 1. The SMILES string of the molecule is Cc1ccc(N(C)CC2(N)CC2)c(C)c1C. The lowest BCUT2D eigenvalue weighted by atomic mass is 10.0. The summed E-state index contributed by atoms with van der Waals surface area (Å²) in [4.78, 5) is 2.30. The monoisotopic (exact) mass is 218 g/mol. The Kier molecular flexibility index (Phi) is 2.70. The lowest BCUT2D eigenvalue weighted by molar-refractivity contribution is 0.659. The van der Waals surface area contributed by atoms with Gasteiger partial charge in [0.15, 0.2) is 0 Å². The van der Waals surface area contributed by atoms with Crippen LogP contribution in [0, 0.1) is 20.8 Å². The van der Waals surface area contributed by atoms with Gasteiger partial charge in [-0.1, -0.05) is 6.07 Å². The molecule has 0 saturated heterocycles. The number of anilines is 1. The minimum atomic E-state index is 0.0833. The summed E-state index contributed by atoms with van der Waals surface area (Å²) in [6.07, 6.45) is 2.34. The van der Waals surface area contributed by atoms with Gasteiger partial charge in [-0.25, -0.2) is 0 Å². The van der Waals surface area contributed by atoms with E-state index < -0.39 is 0 Å². The van der Waals surface area contributed by atoms with Crippen LogP contribution in [0.15, 0.2) is 12.1 Å². The van der Waals surface area contributed by atoms with Crippen molar-refractivity contribution in [3.8, 4) is 0 Å². The summed E-state index contributed by atoms with van der Waals surface area (Å²) in [5.74, 6) is 0. The number of rotatable bonds is 3. The van der Waals surface area contributed by atoms with Crippen molar-refractivity contribution in [1.82, 2.24) is 0 Å². The Morgan fingerprint density at radius 2 is 1.81 bits per heavy atom. The summed E-state index contributed by atoms with van der Waals surface area (Å²) in [7, 11) is 2.14. The van der Waals surface area contributed by atoms with Crippen molar-refractivity contribution in [1.29, 1.82) is 0 Å². The molecule has 0 aromatic heterocycles. The average molecular weight is 218 g/mol. The van der Waals surface area contributed by atoms with Gasteiger partial charge in [0.05, 0.1) is 0 Å². The maximum Gasteiger partial charge on any atom is 0.0396 e. The molecular weight excluding hydrogens is 196 g/mol. The first-order valence-corrected chi connectivity index (χ1v) is 6.00. The fraction of sp³-hybridized carbons (Fsp3) is 0.571. The Hall–Kier alpha value is -1.02. The smallest absolute Gasteiger partial charge is 0.0396 e. The molecule has 88 valence electrons. The molecule has 16 heavy (non-hydrogen) atoms. The predicted molar refractivity (Wildman–Crippen MR) is 70.1 cm³/mol. The highest BCUT2D eigenvalue weighted by Gasteiger charge is 2.39. The van der Waals surface area contributed by atoms with E-state index in [0.717, 1.165) is 6.54 Å². The van der Waals surface area contributed by atoms with E-state index in [-0.39, 0.29) is 5.54 Å². The highest BCUT2D eigenvalue weighted by atomic mass is 15.1. The van der Waals surface area contributed by atoms with Crippen molar-refractivity contribution in [3.63, 3.8) is 0 Å². The van der Waals surface area contributed by atoms with Gasteiger partial charge in [0.25, 0.3) is 0 Å². The van der Waals surface area contributed by atoms with Gasteiger partial charge in [-0.15, -0.1) is 0 Å². The molecule has 2 rings (SSSR count). The molecule has 1 aliphatic carbocycles. The van der Waals surface area contributed by atoms with Crippen LogP contribution >= 0.6 is 0 Å². The van der Waals surface area contributed by atoms with Gasteiger partial charge < -0.3 is 10.6 Å². The molecule has 1 fully saturated rings. The fourth-order valence-electron chi connectivity index (χ4n) is 2.23. The summed E-state index contributed by atoms with van der Waals surface area (Å²) in [5, 5.41) is 0. The number of nitrogens with two attached hydrogens (primary N) is 1. The van der Waals surface area contributed by atoms with E-state index in [2.05, 4.69) is 44.9 Å². The van der Waals surface area contributed by atoms with Crippen LogP contribution in [-0.2, 0) is 0 Å². The quantitative estimate of drug-likeness (QED) is 0.844. The zero-order chi connectivity index (χ0) is 11.9. The summed E-state index contributed by atoms with van der Waals surface area (Å²) in [6.45, 7) is 7.52. The van der Waals surface area contributed by atoms with Crippen LogP contribution in [0.1, 0.15) is 29.5 Å². The van der Waals surface area contributed by atoms with E-state index in [4.69, 9.17) is 5.73 Å². The summed E-state index contributed by atoms with van der Waals surface area (Å²) >= 11 is 0. The second-order valence-corrected chi connectivity index (χ2v) is 5.37. The maximum atomic E-state index is 6.16. The lowest BCUT2D eigenvalue weighted by Crippen LogP contribution is -2.37. The Labute approximate surface area is 98.4 Å². The predicted octanol–water partition coefficient (Wildman–Crippen LogP) is 2.54. The summed E-state index contributed by atoms with van der Waals surface area (Å²) in [6, 6.07) is 4.41. The number of nitrogens with zero attached hydrogens (tertiary/aromatic N) is 1. The Balaban J connectivity index is 2.23. The maximum absolute atomic E-state index is 6.16. The Morgan fingerprint density at radius 1 is 1.19 bits per heavy atom. The second kappa shape index (κ2) is 3.77. The van der Waals surface area contributed by atoms with Crippen LogP contribution in [0.25, 0.3) is 0 Å². The van der Waals surface area contributed by atoms with E-state index in [1.54, 1.807) is 0 Å². The molecule has 0 aliphatic heterocycles. The highest BCUT2D eigenvalue weighted by Crippen LogP contribution is 2.35. The minimum Gasteiger partial charge on any atom is -0.373 e. The molecular formula is C14H22N2. The van der Waals surface area contributed by atoms with Crippen LogP contribution in [0.2, 0.25) is 0 Å². The number of hydrogen-bond donors (Lipinski definition) is 1. The first-order chi connectivity index (χ1) is 7.43. The Morgan fingerprint density at radius 3 is 2.38 bits per heavy atom. The van der Waals surface area contributed by atoms with Crippen molar-refractivity contribution in [2.45, 2.75) is 39.2 Å². The van der Waals surface area contributed by atoms with E-state index in [9.17, 15) is 0 Å². The van der Waals surface area contributed by atoms with Crippen molar-refractivity contribution < 1.29 is 0 Å². The van der Waals surface area contributed by atoms with Gasteiger partial charge >= 0.3 is 0 Å². The Bertz CT molecular complexity index is 405. The van der Waals surface area contributed by atoms with Crippen LogP contribution in [0.5, 0.6) is 0 Å².